The van der Waals surface area contributed by atoms with E-state index in [9.17, 15) is 4.79 Å². The quantitative estimate of drug-likeness (QED) is 0.834. The third kappa shape index (κ3) is 3.15. The first-order chi connectivity index (χ1) is 7.69. The number of carbonyl (C=O) groups excluding carboxylic acids is 1. The van der Waals surface area contributed by atoms with Crippen molar-refractivity contribution >= 4 is 11.6 Å². The second kappa shape index (κ2) is 6.00. The molecular formula is C12H17NO3. The zero-order valence-electron chi connectivity index (χ0n) is 9.87. The van der Waals surface area contributed by atoms with E-state index < -0.39 is 0 Å². The Hall–Kier alpha value is -1.71. The minimum absolute atomic E-state index is 0.145. The molecule has 0 atom stereocenters. The molecular weight excluding hydrogens is 206 g/mol. The number of hydrogen-bond donors (Lipinski definition) is 1. The summed E-state index contributed by atoms with van der Waals surface area (Å²) in [5.74, 6) is 1.11. The topological polar surface area (TPSA) is 47.6 Å². The second-order valence-corrected chi connectivity index (χ2v) is 3.18. The Morgan fingerprint density at radius 3 is 2.06 bits per heavy atom. The Balaban J connectivity index is 3.06. The van der Waals surface area contributed by atoms with Gasteiger partial charge in [0, 0.05) is 6.92 Å². The van der Waals surface area contributed by atoms with Crippen LogP contribution >= 0.6 is 0 Å². The van der Waals surface area contributed by atoms with Gasteiger partial charge in [0.2, 0.25) is 5.91 Å². The van der Waals surface area contributed by atoms with Crippen LogP contribution in [0.3, 0.4) is 0 Å². The minimum atomic E-state index is -0.145. The lowest BCUT2D eigenvalue weighted by molar-refractivity contribution is -0.114. The summed E-state index contributed by atoms with van der Waals surface area (Å²) in [6, 6.07) is 5.44. The molecule has 0 aliphatic rings. The molecule has 0 aliphatic carbocycles. The summed E-state index contributed by atoms with van der Waals surface area (Å²) in [7, 11) is 0. The molecule has 1 aromatic rings. The first kappa shape index (κ1) is 12.4. The van der Waals surface area contributed by atoms with E-state index in [2.05, 4.69) is 5.32 Å². The number of amides is 1. The first-order valence-electron chi connectivity index (χ1n) is 5.35. The van der Waals surface area contributed by atoms with Crippen molar-refractivity contribution in [2.45, 2.75) is 20.8 Å². The van der Waals surface area contributed by atoms with Crippen molar-refractivity contribution in [3.63, 3.8) is 0 Å². The molecule has 0 aromatic heterocycles. The molecule has 0 radical (unpaired) electrons. The molecule has 1 aromatic carbocycles. The molecule has 0 fully saturated rings. The fourth-order valence-corrected chi connectivity index (χ4v) is 1.36. The van der Waals surface area contributed by atoms with Crippen LogP contribution in [0.15, 0.2) is 18.2 Å². The maximum Gasteiger partial charge on any atom is 0.221 e. The van der Waals surface area contributed by atoms with Gasteiger partial charge in [0.15, 0.2) is 0 Å². The molecule has 0 spiro atoms. The molecule has 16 heavy (non-hydrogen) atoms. The Morgan fingerprint density at radius 1 is 1.19 bits per heavy atom. The van der Waals surface area contributed by atoms with E-state index in [1.807, 2.05) is 19.9 Å². The molecule has 0 saturated carbocycles. The van der Waals surface area contributed by atoms with E-state index in [1.165, 1.54) is 6.92 Å². The highest BCUT2D eigenvalue weighted by molar-refractivity contribution is 5.92. The van der Waals surface area contributed by atoms with E-state index in [-0.39, 0.29) is 5.91 Å². The zero-order chi connectivity index (χ0) is 12.0. The van der Waals surface area contributed by atoms with Gasteiger partial charge in [-0.25, -0.2) is 0 Å². The van der Waals surface area contributed by atoms with Crippen molar-refractivity contribution in [1.82, 2.24) is 0 Å². The van der Waals surface area contributed by atoms with Crippen molar-refractivity contribution in [2.24, 2.45) is 0 Å². The predicted molar refractivity (Wildman–Crippen MR) is 63.1 cm³/mol. The van der Waals surface area contributed by atoms with Crippen molar-refractivity contribution in [2.75, 3.05) is 18.5 Å². The second-order valence-electron chi connectivity index (χ2n) is 3.18. The molecule has 0 unspecified atom stereocenters. The molecule has 0 bridgehead atoms. The average Bonchev–Trinajstić information content (AvgIpc) is 2.23. The van der Waals surface area contributed by atoms with Gasteiger partial charge in [-0.15, -0.1) is 0 Å². The third-order valence-electron chi connectivity index (χ3n) is 1.89. The zero-order valence-corrected chi connectivity index (χ0v) is 9.87. The van der Waals surface area contributed by atoms with E-state index in [1.54, 1.807) is 12.1 Å². The number of nitrogens with one attached hydrogen (secondary N) is 1. The highest BCUT2D eigenvalue weighted by Gasteiger charge is 2.11. The Kier molecular flexibility index (Phi) is 4.64. The molecule has 4 heteroatoms. The van der Waals surface area contributed by atoms with Gasteiger partial charge in [0.05, 0.1) is 13.2 Å². The molecule has 4 nitrogen and oxygen atoms in total. The fourth-order valence-electron chi connectivity index (χ4n) is 1.36. The summed E-state index contributed by atoms with van der Waals surface area (Å²) in [4.78, 5) is 11.1. The van der Waals surface area contributed by atoms with Crippen LogP contribution in [0.5, 0.6) is 11.5 Å². The van der Waals surface area contributed by atoms with E-state index >= 15 is 0 Å². The lowest BCUT2D eigenvalue weighted by atomic mass is 10.2. The van der Waals surface area contributed by atoms with Gasteiger partial charge in [-0.1, -0.05) is 6.07 Å². The van der Waals surface area contributed by atoms with Crippen molar-refractivity contribution in [1.29, 1.82) is 0 Å². The molecule has 0 aliphatic heterocycles. The molecule has 0 saturated heterocycles. The maximum absolute atomic E-state index is 11.1. The van der Waals surface area contributed by atoms with Gasteiger partial charge in [-0.2, -0.15) is 0 Å². The molecule has 1 rings (SSSR count). The van der Waals surface area contributed by atoms with E-state index in [0.29, 0.717) is 30.4 Å². The summed E-state index contributed by atoms with van der Waals surface area (Å²) in [6.07, 6.45) is 0. The summed E-state index contributed by atoms with van der Waals surface area (Å²) in [5, 5.41) is 2.72. The van der Waals surface area contributed by atoms with Gasteiger partial charge < -0.3 is 14.8 Å². The SMILES string of the molecule is CCOc1cccc(OCC)c1NC(C)=O. The van der Waals surface area contributed by atoms with Gasteiger partial charge in [0.25, 0.3) is 0 Å². The van der Waals surface area contributed by atoms with Crippen LogP contribution < -0.4 is 14.8 Å². The third-order valence-corrected chi connectivity index (χ3v) is 1.89. The minimum Gasteiger partial charge on any atom is -0.492 e. The Bertz CT molecular complexity index is 339. The van der Waals surface area contributed by atoms with Gasteiger partial charge in [-0.3, -0.25) is 4.79 Å². The summed E-state index contributed by atoms with van der Waals surface area (Å²) < 4.78 is 10.9. The number of benzene rings is 1. The lowest BCUT2D eigenvalue weighted by Crippen LogP contribution is -2.10. The number of rotatable bonds is 5. The standard InChI is InChI=1S/C12H17NO3/c1-4-15-10-7-6-8-11(16-5-2)12(10)13-9(3)14/h6-8H,4-5H2,1-3H3,(H,13,14). The summed E-state index contributed by atoms with van der Waals surface area (Å²) >= 11 is 0. The van der Waals surface area contributed by atoms with Crippen LogP contribution in [0.1, 0.15) is 20.8 Å². The van der Waals surface area contributed by atoms with E-state index in [0.717, 1.165) is 0 Å². The number of hydrogen-bond acceptors (Lipinski definition) is 3. The van der Waals surface area contributed by atoms with Crippen LogP contribution in [0.4, 0.5) is 5.69 Å². The first-order valence-corrected chi connectivity index (χ1v) is 5.35. The summed E-state index contributed by atoms with van der Waals surface area (Å²) in [6.45, 7) is 6.33. The molecule has 0 heterocycles. The van der Waals surface area contributed by atoms with Gasteiger partial charge in [-0.05, 0) is 26.0 Å². The monoisotopic (exact) mass is 223 g/mol. The average molecular weight is 223 g/mol. The van der Waals surface area contributed by atoms with Crippen molar-refractivity contribution in [3.05, 3.63) is 18.2 Å². The van der Waals surface area contributed by atoms with Crippen LogP contribution in [-0.2, 0) is 4.79 Å². The van der Waals surface area contributed by atoms with Crippen LogP contribution in [0.2, 0.25) is 0 Å². The Labute approximate surface area is 95.6 Å². The molecule has 1 amide bonds. The van der Waals surface area contributed by atoms with Gasteiger partial charge >= 0.3 is 0 Å². The lowest BCUT2D eigenvalue weighted by Gasteiger charge is -2.14. The Morgan fingerprint density at radius 2 is 1.69 bits per heavy atom. The van der Waals surface area contributed by atoms with Crippen LogP contribution in [-0.4, -0.2) is 19.1 Å². The number of anilines is 1. The van der Waals surface area contributed by atoms with Crippen molar-refractivity contribution < 1.29 is 14.3 Å². The molecule has 1 N–H and O–H groups in total. The fraction of sp³-hybridized carbons (Fsp3) is 0.417. The smallest absolute Gasteiger partial charge is 0.221 e. The highest BCUT2D eigenvalue weighted by atomic mass is 16.5. The van der Waals surface area contributed by atoms with Crippen molar-refractivity contribution in [3.8, 4) is 11.5 Å². The number of ether oxygens (including phenoxy) is 2. The normalized spacial score (nSPS) is 9.69. The van der Waals surface area contributed by atoms with E-state index in [4.69, 9.17) is 9.47 Å². The van der Waals surface area contributed by atoms with Crippen LogP contribution in [0.25, 0.3) is 0 Å². The number of carbonyl (C=O) groups is 1. The predicted octanol–water partition coefficient (Wildman–Crippen LogP) is 2.44. The summed E-state index contributed by atoms with van der Waals surface area (Å²) in [5.41, 5.74) is 0.596. The van der Waals surface area contributed by atoms with Crippen LogP contribution in [0, 0.1) is 0 Å². The largest absolute Gasteiger partial charge is 0.492 e. The van der Waals surface area contributed by atoms with Gasteiger partial charge in [0.1, 0.15) is 17.2 Å². The highest BCUT2D eigenvalue weighted by Crippen LogP contribution is 2.34. The number of para-hydroxylation sites is 1. The maximum atomic E-state index is 11.1. The molecule has 88 valence electrons.